The molecule has 5 rings (SSSR count). The molecule has 0 aliphatic carbocycles. The Kier molecular flexibility index (Phi) is 5.93. The molecule has 4 atom stereocenters. The third-order valence-electron chi connectivity index (χ3n) is 7.74. The molecule has 3 fully saturated rings. The van der Waals surface area contributed by atoms with Crippen LogP contribution in [0.5, 0.6) is 0 Å². The lowest BCUT2D eigenvalue weighted by atomic mass is 9.75. The van der Waals surface area contributed by atoms with Crippen molar-refractivity contribution >= 4 is 11.8 Å². The Morgan fingerprint density at radius 1 is 1.12 bits per heavy atom. The first kappa shape index (κ1) is 22.0. The normalized spacial score (nSPS) is 28.4. The first-order valence-corrected chi connectivity index (χ1v) is 11.8. The summed E-state index contributed by atoms with van der Waals surface area (Å²) in [5.74, 6) is -0.722. The van der Waals surface area contributed by atoms with Crippen molar-refractivity contribution < 1.29 is 19.1 Å². The number of benzene rings is 2. The molecule has 0 radical (unpaired) electrons. The average molecular weight is 452 g/mol. The number of nitrogens with zero attached hydrogens (tertiary/aromatic N) is 2. The summed E-state index contributed by atoms with van der Waals surface area (Å²) < 4.78 is 13.4. The zero-order valence-electron chi connectivity index (χ0n) is 18.6. The minimum absolute atomic E-state index is 0.000527. The predicted octanol–water partition coefficient (Wildman–Crippen LogP) is 2.11. The van der Waals surface area contributed by atoms with E-state index in [1.165, 1.54) is 12.1 Å². The van der Waals surface area contributed by atoms with Crippen LogP contribution < -0.4 is 5.32 Å². The Labute approximate surface area is 193 Å². The van der Waals surface area contributed by atoms with Crippen LogP contribution in [-0.4, -0.2) is 64.0 Å². The molecule has 0 saturated carbocycles. The summed E-state index contributed by atoms with van der Waals surface area (Å²) >= 11 is 0. The van der Waals surface area contributed by atoms with Crippen molar-refractivity contribution in [3.63, 3.8) is 0 Å². The van der Waals surface area contributed by atoms with Crippen LogP contribution in [0.1, 0.15) is 30.4 Å². The second-order valence-electron chi connectivity index (χ2n) is 9.41. The van der Waals surface area contributed by atoms with Crippen LogP contribution in [0.3, 0.4) is 0 Å². The van der Waals surface area contributed by atoms with Gasteiger partial charge in [-0.15, -0.1) is 0 Å². The fourth-order valence-corrected chi connectivity index (χ4v) is 6.42. The number of hydrogen-bond acceptors (Lipinski definition) is 4. The van der Waals surface area contributed by atoms with Gasteiger partial charge < -0.3 is 15.3 Å². The third-order valence-corrected chi connectivity index (χ3v) is 7.74. The van der Waals surface area contributed by atoms with Crippen LogP contribution in [0, 0.1) is 11.7 Å². The molecular formula is C26H30FN3O3. The molecule has 3 saturated heterocycles. The summed E-state index contributed by atoms with van der Waals surface area (Å²) in [4.78, 5) is 31.2. The van der Waals surface area contributed by atoms with E-state index in [1.54, 1.807) is 17.0 Å². The maximum absolute atomic E-state index is 13.7. The Bertz CT molecular complexity index is 1020. The summed E-state index contributed by atoms with van der Waals surface area (Å²) in [5.41, 5.74) is 1.36. The van der Waals surface area contributed by atoms with Crippen molar-refractivity contribution in [1.29, 1.82) is 0 Å². The van der Waals surface area contributed by atoms with Gasteiger partial charge in [-0.05, 0) is 48.9 Å². The second-order valence-corrected chi connectivity index (χ2v) is 9.41. The van der Waals surface area contributed by atoms with Crippen molar-refractivity contribution in [2.45, 2.75) is 49.9 Å². The van der Waals surface area contributed by atoms with Gasteiger partial charge in [0.1, 0.15) is 11.9 Å². The first-order valence-electron chi connectivity index (χ1n) is 11.8. The van der Waals surface area contributed by atoms with Crippen LogP contribution in [0.2, 0.25) is 0 Å². The van der Waals surface area contributed by atoms with Crippen molar-refractivity contribution in [3.05, 3.63) is 71.5 Å². The standard InChI is InChI=1S/C26H30FN3O3/c27-20-8-6-19(7-9-20)17-29-23(24(32)28-13-11-18-4-2-1-3-5-18)26-12-10-21(30(26)14-15-31)16-22(26)25(29)33/h1-9,21-23,31H,10-17H2,(H,28,32)/t21?,22-,23?,26?/m1/s1. The molecule has 3 unspecified atom stereocenters. The van der Waals surface area contributed by atoms with Crippen LogP contribution in [0.15, 0.2) is 54.6 Å². The summed E-state index contributed by atoms with van der Waals surface area (Å²) in [5, 5.41) is 12.8. The van der Waals surface area contributed by atoms with E-state index < -0.39 is 11.6 Å². The van der Waals surface area contributed by atoms with E-state index in [1.807, 2.05) is 30.3 Å². The molecule has 33 heavy (non-hydrogen) atoms. The van der Waals surface area contributed by atoms with Gasteiger partial charge in [-0.2, -0.15) is 0 Å². The summed E-state index contributed by atoms with van der Waals surface area (Å²) in [6, 6.07) is 15.7. The maximum atomic E-state index is 13.7. The molecule has 3 aliphatic rings. The SMILES string of the molecule is O=C(NCCc1ccccc1)C1N(Cc2ccc(F)cc2)C(=O)[C@H]2CC3CCC12N3CCO. The van der Waals surface area contributed by atoms with E-state index in [9.17, 15) is 19.1 Å². The summed E-state index contributed by atoms with van der Waals surface area (Å²) in [7, 11) is 0. The van der Waals surface area contributed by atoms with E-state index in [0.29, 0.717) is 19.5 Å². The van der Waals surface area contributed by atoms with Gasteiger partial charge in [0.15, 0.2) is 0 Å². The number of amides is 2. The molecule has 2 amide bonds. The van der Waals surface area contributed by atoms with Gasteiger partial charge in [0.05, 0.1) is 18.1 Å². The van der Waals surface area contributed by atoms with Crippen molar-refractivity contribution in [3.8, 4) is 0 Å². The third kappa shape index (κ3) is 3.73. The number of aliphatic hydroxyl groups is 1. The minimum Gasteiger partial charge on any atom is -0.395 e. The van der Waals surface area contributed by atoms with E-state index >= 15 is 0 Å². The quantitative estimate of drug-likeness (QED) is 0.645. The highest BCUT2D eigenvalue weighted by Crippen LogP contribution is 2.57. The summed E-state index contributed by atoms with van der Waals surface area (Å²) in [6.07, 6.45) is 3.14. The topological polar surface area (TPSA) is 72.9 Å². The van der Waals surface area contributed by atoms with Gasteiger partial charge >= 0.3 is 0 Å². The van der Waals surface area contributed by atoms with Gasteiger partial charge in [0.25, 0.3) is 0 Å². The van der Waals surface area contributed by atoms with Crippen molar-refractivity contribution in [2.24, 2.45) is 5.92 Å². The number of nitrogens with one attached hydrogen (secondary N) is 1. The molecule has 3 aliphatic heterocycles. The Hall–Kier alpha value is -2.77. The number of β-amino-alcohol motifs (C(OH)–C–C–N with tert-alkyl or cyclic N) is 1. The highest BCUT2D eigenvalue weighted by atomic mass is 19.1. The fraction of sp³-hybridized carbons (Fsp3) is 0.462. The lowest BCUT2D eigenvalue weighted by Gasteiger charge is -2.40. The smallest absolute Gasteiger partial charge is 0.244 e. The largest absolute Gasteiger partial charge is 0.395 e. The fourth-order valence-electron chi connectivity index (χ4n) is 6.42. The minimum atomic E-state index is -0.630. The molecule has 174 valence electrons. The second kappa shape index (κ2) is 8.88. The molecule has 0 aromatic heterocycles. The van der Waals surface area contributed by atoms with Crippen LogP contribution in [0.25, 0.3) is 0 Å². The lowest BCUT2D eigenvalue weighted by Crippen LogP contribution is -2.60. The van der Waals surface area contributed by atoms with E-state index in [0.717, 1.165) is 30.4 Å². The number of carbonyl (C=O) groups is 2. The molecule has 2 aromatic carbocycles. The highest BCUT2D eigenvalue weighted by Gasteiger charge is 2.71. The van der Waals surface area contributed by atoms with Crippen molar-refractivity contribution in [1.82, 2.24) is 15.1 Å². The zero-order chi connectivity index (χ0) is 23.0. The van der Waals surface area contributed by atoms with Gasteiger partial charge in [0.2, 0.25) is 11.8 Å². The number of fused-ring (bicyclic) bond motifs is 1. The van der Waals surface area contributed by atoms with Gasteiger partial charge in [0, 0.05) is 25.7 Å². The van der Waals surface area contributed by atoms with E-state index in [-0.39, 0.29) is 42.7 Å². The number of aliphatic hydroxyl groups excluding tert-OH is 1. The van der Waals surface area contributed by atoms with Gasteiger partial charge in [-0.1, -0.05) is 42.5 Å². The predicted molar refractivity (Wildman–Crippen MR) is 122 cm³/mol. The monoisotopic (exact) mass is 451 g/mol. The Morgan fingerprint density at radius 3 is 2.61 bits per heavy atom. The molecule has 3 heterocycles. The first-order chi connectivity index (χ1) is 16.0. The number of rotatable bonds is 8. The average Bonchev–Trinajstić information content (AvgIpc) is 3.41. The van der Waals surface area contributed by atoms with E-state index in [2.05, 4.69) is 10.2 Å². The molecule has 2 N–H and O–H groups in total. The van der Waals surface area contributed by atoms with Crippen LogP contribution >= 0.6 is 0 Å². The van der Waals surface area contributed by atoms with Crippen molar-refractivity contribution in [2.75, 3.05) is 19.7 Å². The lowest BCUT2D eigenvalue weighted by molar-refractivity contribution is -0.138. The Balaban J connectivity index is 1.41. The number of hydrogen-bond donors (Lipinski definition) is 2. The Morgan fingerprint density at radius 2 is 1.88 bits per heavy atom. The molecule has 2 aromatic rings. The van der Waals surface area contributed by atoms with Gasteiger partial charge in [-0.25, -0.2) is 4.39 Å². The van der Waals surface area contributed by atoms with Crippen LogP contribution in [0.4, 0.5) is 4.39 Å². The number of likely N-dealkylation sites (tertiary alicyclic amines) is 1. The molecule has 2 bridgehead atoms. The van der Waals surface area contributed by atoms with Crippen LogP contribution in [-0.2, 0) is 22.6 Å². The van der Waals surface area contributed by atoms with E-state index in [4.69, 9.17) is 0 Å². The molecule has 7 heteroatoms. The summed E-state index contributed by atoms with van der Waals surface area (Å²) in [6.45, 7) is 1.22. The maximum Gasteiger partial charge on any atom is 0.244 e. The molecule has 6 nitrogen and oxygen atoms in total. The molecule has 1 spiro atoms. The number of carbonyl (C=O) groups excluding carboxylic acids is 2. The number of halogens is 1. The van der Waals surface area contributed by atoms with Gasteiger partial charge in [-0.3, -0.25) is 14.5 Å². The zero-order valence-corrected chi connectivity index (χ0v) is 18.6. The highest BCUT2D eigenvalue weighted by molar-refractivity contribution is 5.96. The molecular weight excluding hydrogens is 421 g/mol.